The van der Waals surface area contributed by atoms with Gasteiger partial charge in [0.15, 0.2) is 0 Å². The highest BCUT2D eigenvalue weighted by Gasteiger charge is 2.34. The number of aromatic nitrogens is 3. The molecule has 1 fully saturated rings. The van der Waals surface area contributed by atoms with E-state index in [4.69, 9.17) is 4.74 Å². The molecule has 1 saturated heterocycles. The lowest BCUT2D eigenvalue weighted by Gasteiger charge is -2.29. The molecule has 0 aliphatic carbocycles. The molecule has 0 unspecified atom stereocenters. The molecule has 1 N–H and O–H groups in total. The molecule has 5 rings (SSSR count). The number of carbonyl (C=O) groups is 1. The number of fused-ring (bicyclic) bond motifs is 2. The van der Waals surface area contributed by atoms with Gasteiger partial charge in [0.1, 0.15) is 10.6 Å². The zero-order valence-electron chi connectivity index (χ0n) is 15.7. The maximum atomic E-state index is 13.1. The second kappa shape index (κ2) is 6.97. The van der Waals surface area contributed by atoms with Gasteiger partial charge in [0, 0.05) is 30.5 Å². The number of aromatic amines is 1. The van der Waals surface area contributed by atoms with Crippen LogP contribution in [-0.4, -0.2) is 71.1 Å². The van der Waals surface area contributed by atoms with Crippen molar-refractivity contribution in [2.45, 2.75) is 18.0 Å². The highest BCUT2D eigenvalue weighted by Crippen LogP contribution is 2.26. The predicted octanol–water partition coefficient (Wildman–Crippen LogP) is 1.04. The van der Waals surface area contributed by atoms with Crippen molar-refractivity contribution in [2.24, 2.45) is 0 Å². The lowest BCUT2D eigenvalue weighted by molar-refractivity contribution is 0.0696. The summed E-state index contributed by atoms with van der Waals surface area (Å²) in [4.78, 5) is 18.0. The Morgan fingerprint density at radius 3 is 2.69 bits per heavy atom. The standard InChI is InChI=1S/C19H21N5O4S/c25-19(16-11-14-3-1-2-4-15(14)21-16)22-5-6-24-17(13-22)18(12-20-24)29(26,27)23-7-9-28-10-8-23/h1-4,11-12,21H,5-10,13H2. The van der Waals surface area contributed by atoms with E-state index in [2.05, 4.69) is 10.1 Å². The zero-order chi connectivity index (χ0) is 20.0. The molecule has 0 radical (unpaired) electrons. The van der Waals surface area contributed by atoms with E-state index in [9.17, 15) is 13.2 Å². The van der Waals surface area contributed by atoms with Gasteiger partial charge in [0.25, 0.3) is 5.91 Å². The van der Waals surface area contributed by atoms with Gasteiger partial charge in [-0.15, -0.1) is 0 Å². The quantitative estimate of drug-likeness (QED) is 0.689. The lowest BCUT2D eigenvalue weighted by atomic mass is 10.2. The van der Waals surface area contributed by atoms with Crippen LogP contribution in [0.2, 0.25) is 0 Å². The summed E-state index contributed by atoms with van der Waals surface area (Å²) in [6.07, 6.45) is 1.40. The maximum Gasteiger partial charge on any atom is 0.270 e. The monoisotopic (exact) mass is 415 g/mol. The van der Waals surface area contributed by atoms with Gasteiger partial charge in [-0.2, -0.15) is 9.40 Å². The molecule has 0 saturated carbocycles. The third kappa shape index (κ3) is 3.13. The zero-order valence-corrected chi connectivity index (χ0v) is 16.6. The second-order valence-electron chi connectivity index (χ2n) is 7.19. The van der Waals surface area contributed by atoms with E-state index in [1.807, 2.05) is 30.3 Å². The molecule has 0 bridgehead atoms. The predicted molar refractivity (Wildman–Crippen MR) is 105 cm³/mol. The summed E-state index contributed by atoms with van der Waals surface area (Å²) in [5.74, 6) is -0.150. The van der Waals surface area contributed by atoms with Gasteiger partial charge in [-0.25, -0.2) is 8.42 Å². The van der Waals surface area contributed by atoms with Crippen LogP contribution in [0.25, 0.3) is 10.9 Å². The molecule has 2 aliphatic rings. The van der Waals surface area contributed by atoms with Gasteiger partial charge in [-0.3, -0.25) is 9.48 Å². The molecule has 9 nitrogen and oxygen atoms in total. The first-order valence-corrected chi connectivity index (χ1v) is 11.0. The summed E-state index contributed by atoms with van der Waals surface area (Å²) < 4.78 is 34.6. The fraction of sp³-hybridized carbons (Fsp3) is 0.368. The van der Waals surface area contributed by atoms with E-state index >= 15 is 0 Å². The van der Waals surface area contributed by atoms with Crippen LogP contribution in [0.4, 0.5) is 0 Å². The summed E-state index contributed by atoms with van der Waals surface area (Å²) in [7, 11) is -3.67. The molecule has 3 aromatic rings. The number of ether oxygens (including phenoxy) is 1. The van der Waals surface area contributed by atoms with Crippen LogP contribution in [0.1, 0.15) is 16.2 Å². The fourth-order valence-corrected chi connectivity index (χ4v) is 5.45. The minimum Gasteiger partial charge on any atom is -0.379 e. The van der Waals surface area contributed by atoms with Gasteiger partial charge in [-0.1, -0.05) is 18.2 Å². The van der Waals surface area contributed by atoms with Crippen LogP contribution in [0, 0.1) is 0 Å². The van der Waals surface area contributed by atoms with Crippen LogP contribution in [0.5, 0.6) is 0 Å². The van der Waals surface area contributed by atoms with Gasteiger partial charge < -0.3 is 14.6 Å². The van der Waals surface area contributed by atoms with Crippen molar-refractivity contribution < 1.29 is 17.9 Å². The van der Waals surface area contributed by atoms with Crippen molar-refractivity contribution in [3.05, 3.63) is 47.9 Å². The average molecular weight is 415 g/mol. The number of carbonyl (C=O) groups excluding carboxylic acids is 1. The molecule has 10 heteroatoms. The first-order chi connectivity index (χ1) is 14.0. The molecule has 152 valence electrons. The van der Waals surface area contributed by atoms with E-state index in [0.717, 1.165) is 10.9 Å². The average Bonchev–Trinajstić information content (AvgIpc) is 3.38. The third-order valence-corrected chi connectivity index (χ3v) is 7.41. The van der Waals surface area contributed by atoms with E-state index < -0.39 is 10.0 Å². The van der Waals surface area contributed by atoms with Gasteiger partial charge in [-0.05, 0) is 12.1 Å². The molecule has 1 amide bonds. The van der Waals surface area contributed by atoms with Gasteiger partial charge in [0.05, 0.1) is 38.2 Å². The minimum absolute atomic E-state index is 0.150. The molecular weight excluding hydrogens is 394 g/mol. The topological polar surface area (TPSA) is 101 Å². The number of rotatable bonds is 3. The molecule has 29 heavy (non-hydrogen) atoms. The number of sulfonamides is 1. The highest BCUT2D eigenvalue weighted by atomic mass is 32.2. The molecule has 0 spiro atoms. The van der Waals surface area contributed by atoms with E-state index in [0.29, 0.717) is 50.8 Å². The Kier molecular flexibility index (Phi) is 4.41. The summed E-state index contributed by atoms with van der Waals surface area (Å²) in [5.41, 5.74) is 1.94. The number of hydrogen-bond donors (Lipinski definition) is 1. The Bertz CT molecular complexity index is 1140. The number of H-pyrrole nitrogens is 1. The normalized spacial score (nSPS) is 18.1. The van der Waals surface area contributed by atoms with E-state index in [-0.39, 0.29) is 17.3 Å². The Balaban J connectivity index is 1.43. The van der Waals surface area contributed by atoms with Gasteiger partial charge in [0.2, 0.25) is 10.0 Å². The van der Waals surface area contributed by atoms with Crippen molar-refractivity contribution in [1.82, 2.24) is 24.0 Å². The number of hydrogen-bond acceptors (Lipinski definition) is 5. The molecule has 1 aromatic carbocycles. The van der Waals surface area contributed by atoms with Crippen molar-refractivity contribution >= 4 is 26.8 Å². The SMILES string of the molecule is O=C(c1cc2ccccc2[nH]1)N1CCn2ncc(S(=O)(=O)N3CCOCC3)c2C1. The summed E-state index contributed by atoms with van der Waals surface area (Å²) in [6.45, 7) is 2.55. The van der Waals surface area contributed by atoms with Crippen LogP contribution in [-0.2, 0) is 27.8 Å². The maximum absolute atomic E-state index is 13.1. The Morgan fingerprint density at radius 2 is 1.90 bits per heavy atom. The number of nitrogens with one attached hydrogen (secondary N) is 1. The van der Waals surface area contributed by atoms with E-state index in [1.54, 1.807) is 9.58 Å². The first kappa shape index (κ1) is 18.3. The number of morpholine rings is 1. The third-order valence-electron chi connectivity index (χ3n) is 5.47. The van der Waals surface area contributed by atoms with Crippen molar-refractivity contribution in [2.75, 3.05) is 32.8 Å². The highest BCUT2D eigenvalue weighted by molar-refractivity contribution is 7.89. The van der Waals surface area contributed by atoms with Crippen molar-refractivity contribution in [3.63, 3.8) is 0 Å². The molecule has 0 atom stereocenters. The van der Waals surface area contributed by atoms with Crippen molar-refractivity contribution in [1.29, 1.82) is 0 Å². The Morgan fingerprint density at radius 1 is 1.10 bits per heavy atom. The summed E-state index contributed by atoms with van der Waals surface area (Å²) >= 11 is 0. The van der Waals surface area contributed by atoms with Crippen LogP contribution in [0.15, 0.2) is 41.4 Å². The van der Waals surface area contributed by atoms with E-state index in [1.165, 1.54) is 10.5 Å². The van der Waals surface area contributed by atoms with Crippen LogP contribution < -0.4 is 0 Å². The fourth-order valence-electron chi connectivity index (χ4n) is 3.89. The lowest BCUT2D eigenvalue weighted by Crippen LogP contribution is -2.42. The first-order valence-electron chi connectivity index (χ1n) is 9.53. The molecular formula is C19H21N5O4S. The van der Waals surface area contributed by atoms with Gasteiger partial charge >= 0.3 is 0 Å². The Labute approximate surface area is 167 Å². The molecule has 2 aromatic heterocycles. The molecule has 4 heterocycles. The number of benzene rings is 1. The summed E-state index contributed by atoms with van der Waals surface area (Å²) in [6, 6.07) is 9.53. The largest absolute Gasteiger partial charge is 0.379 e. The van der Waals surface area contributed by atoms with Crippen LogP contribution in [0.3, 0.4) is 0 Å². The minimum atomic E-state index is -3.67. The Hall–Kier alpha value is -2.69. The second-order valence-corrected chi connectivity index (χ2v) is 9.10. The molecule has 2 aliphatic heterocycles. The summed E-state index contributed by atoms with van der Waals surface area (Å²) in [5, 5.41) is 5.22. The van der Waals surface area contributed by atoms with Crippen LogP contribution >= 0.6 is 0 Å². The van der Waals surface area contributed by atoms with Crippen molar-refractivity contribution in [3.8, 4) is 0 Å². The number of amides is 1. The number of nitrogens with zero attached hydrogens (tertiary/aromatic N) is 4. The smallest absolute Gasteiger partial charge is 0.270 e. The number of para-hydroxylation sites is 1.